The molecule has 0 spiro atoms. The molecule has 3 rings (SSSR count). The molecule has 122 valence electrons. The third kappa shape index (κ3) is 4.28. The van der Waals surface area contributed by atoms with Gasteiger partial charge in [0.2, 0.25) is 0 Å². The van der Waals surface area contributed by atoms with Gasteiger partial charge in [-0.1, -0.05) is 12.1 Å². The highest BCUT2D eigenvalue weighted by atomic mass is 32.1. The van der Waals surface area contributed by atoms with Gasteiger partial charge in [-0.2, -0.15) is 0 Å². The highest BCUT2D eigenvalue weighted by molar-refractivity contribution is 7.15. The molecule has 23 heavy (non-hydrogen) atoms. The molecule has 2 aromatic rings. The van der Waals surface area contributed by atoms with Crippen molar-refractivity contribution in [1.29, 1.82) is 0 Å². The lowest BCUT2D eigenvalue weighted by atomic mass is 10.1. The van der Waals surface area contributed by atoms with Crippen LogP contribution in [0.15, 0.2) is 30.5 Å². The average Bonchev–Trinajstić information content (AvgIpc) is 3.05. The zero-order chi connectivity index (χ0) is 16.1. The van der Waals surface area contributed by atoms with Crippen LogP contribution in [0.3, 0.4) is 0 Å². The summed E-state index contributed by atoms with van der Waals surface area (Å²) < 4.78 is 5.35. The number of aromatic nitrogens is 1. The Kier molecular flexibility index (Phi) is 5.22. The highest BCUT2D eigenvalue weighted by Crippen LogP contribution is 2.23. The molecular formula is C16H19N3O3S. The maximum atomic E-state index is 10.8. The zero-order valence-corrected chi connectivity index (χ0v) is 13.5. The largest absolute Gasteiger partial charge is 0.478 e. The van der Waals surface area contributed by atoms with E-state index in [0.29, 0.717) is 12.1 Å². The number of nitrogens with one attached hydrogen (secondary N) is 1. The van der Waals surface area contributed by atoms with Crippen LogP contribution in [0, 0.1) is 0 Å². The number of hydrogen-bond donors (Lipinski definition) is 2. The molecule has 0 radical (unpaired) electrons. The molecule has 7 heteroatoms. The number of aromatic carboxylic acids is 1. The van der Waals surface area contributed by atoms with Crippen LogP contribution >= 0.6 is 11.3 Å². The molecule has 0 aliphatic carbocycles. The van der Waals surface area contributed by atoms with Crippen molar-refractivity contribution in [2.75, 3.05) is 31.2 Å². The van der Waals surface area contributed by atoms with E-state index in [9.17, 15) is 4.79 Å². The summed E-state index contributed by atoms with van der Waals surface area (Å²) in [6.45, 7) is 4.78. The van der Waals surface area contributed by atoms with Gasteiger partial charge in [-0.05, 0) is 17.7 Å². The molecule has 0 saturated carbocycles. The number of hydrogen-bond acceptors (Lipinski definition) is 6. The fourth-order valence-electron chi connectivity index (χ4n) is 2.37. The van der Waals surface area contributed by atoms with E-state index in [1.807, 2.05) is 18.3 Å². The standard InChI is InChI=1S/C16H19N3O3S/c20-15(21)13-3-1-12(2-4-13)9-17-10-14-11-18-16(23-14)19-5-7-22-8-6-19/h1-4,11,17H,5-10H2,(H,20,21). The molecule has 1 aliphatic heterocycles. The van der Waals surface area contributed by atoms with E-state index in [1.165, 1.54) is 4.88 Å². The van der Waals surface area contributed by atoms with Gasteiger partial charge in [0, 0.05) is 37.3 Å². The Morgan fingerprint density at radius 1 is 1.26 bits per heavy atom. The van der Waals surface area contributed by atoms with Crippen molar-refractivity contribution >= 4 is 22.4 Å². The highest BCUT2D eigenvalue weighted by Gasteiger charge is 2.14. The quantitative estimate of drug-likeness (QED) is 0.842. The predicted molar refractivity (Wildman–Crippen MR) is 89.1 cm³/mol. The smallest absolute Gasteiger partial charge is 0.335 e. The fourth-order valence-corrected chi connectivity index (χ4v) is 3.31. The fraction of sp³-hybridized carbons (Fsp3) is 0.375. The second-order valence-electron chi connectivity index (χ2n) is 5.31. The number of thiazole rings is 1. The number of nitrogens with zero attached hydrogens (tertiary/aromatic N) is 2. The van der Waals surface area contributed by atoms with Crippen molar-refractivity contribution in [1.82, 2.24) is 10.3 Å². The summed E-state index contributed by atoms with van der Waals surface area (Å²) in [6, 6.07) is 6.93. The topological polar surface area (TPSA) is 74.7 Å². The van der Waals surface area contributed by atoms with Crippen LogP contribution in [-0.2, 0) is 17.8 Å². The number of morpholine rings is 1. The Morgan fingerprint density at radius 2 is 2.00 bits per heavy atom. The van der Waals surface area contributed by atoms with E-state index in [4.69, 9.17) is 9.84 Å². The SMILES string of the molecule is O=C(O)c1ccc(CNCc2cnc(N3CCOCC3)s2)cc1. The lowest BCUT2D eigenvalue weighted by molar-refractivity contribution is 0.0697. The van der Waals surface area contributed by atoms with Gasteiger partial charge in [-0.15, -0.1) is 11.3 Å². The Hall–Kier alpha value is -1.96. The van der Waals surface area contributed by atoms with Gasteiger partial charge in [-0.25, -0.2) is 9.78 Å². The number of carboxylic acid groups (broad SMARTS) is 1. The average molecular weight is 333 g/mol. The van der Waals surface area contributed by atoms with Crippen LogP contribution in [0.4, 0.5) is 5.13 Å². The molecule has 0 unspecified atom stereocenters. The number of rotatable bonds is 6. The summed E-state index contributed by atoms with van der Waals surface area (Å²) in [5.41, 5.74) is 1.37. The maximum absolute atomic E-state index is 10.8. The summed E-state index contributed by atoms with van der Waals surface area (Å²) >= 11 is 1.70. The monoisotopic (exact) mass is 333 g/mol. The molecule has 0 bridgehead atoms. The molecule has 0 amide bonds. The lowest BCUT2D eigenvalue weighted by Crippen LogP contribution is -2.36. The first-order chi connectivity index (χ1) is 11.2. The van der Waals surface area contributed by atoms with Crippen LogP contribution in [0.1, 0.15) is 20.8 Å². The van der Waals surface area contributed by atoms with Crippen molar-refractivity contribution in [3.8, 4) is 0 Å². The van der Waals surface area contributed by atoms with Crippen molar-refractivity contribution in [2.45, 2.75) is 13.1 Å². The van der Waals surface area contributed by atoms with Crippen molar-refractivity contribution in [2.24, 2.45) is 0 Å². The van der Waals surface area contributed by atoms with Crippen molar-refractivity contribution in [3.05, 3.63) is 46.5 Å². The molecule has 1 aromatic carbocycles. The summed E-state index contributed by atoms with van der Waals surface area (Å²) in [4.78, 5) is 18.7. The van der Waals surface area contributed by atoms with E-state index in [0.717, 1.165) is 43.5 Å². The van der Waals surface area contributed by atoms with Gasteiger partial charge in [0.25, 0.3) is 0 Å². The van der Waals surface area contributed by atoms with E-state index in [-0.39, 0.29) is 0 Å². The van der Waals surface area contributed by atoms with Crippen molar-refractivity contribution < 1.29 is 14.6 Å². The summed E-state index contributed by atoms with van der Waals surface area (Å²) in [5.74, 6) is -0.898. The zero-order valence-electron chi connectivity index (χ0n) is 12.7. The van der Waals surface area contributed by atoms with Gasteiger partial charge < -0.3 is 20.1 Å². The number of carbonyl (C=O) groups is 1. The van der Waals surface area contributed by atoms with Gasteiger partial charge >= 0.3 is 5.97 Å². The Bertz CT molecular complexity index is 651. The minimum Gasteiger partial charge on any atom is -0.478 e. The predicted octanol–water partition coefficient (Wildman–Crippen LogP) is 1.97. The molecular weight excluding hydrogens is 314 g/mol. The first-order valence-corrected chi connectivity index (χ1v) is 8.34. The lowest BCUT2D eigenvalue weighted by Gasteiger charge is -2.25. The first kappa shape index (κ1) is 15.9. The van der Waals surface area contributed by atoms with Crippen LogP contribution in [0.2, 0.25) is 0 Å². The van der Waals surface area contributed by atoms with Gasteiger partial charge in [0.1, 0.15) is 0 Å². The number of carboxylic acids is 1. The molecule has 1 aromatic heterocycles. The molecule has 6 nitrogen and oxygen atoms in total. The van der Waals surface area contributed by atoms with E-state index >= 15 is 0 Å². The molecule has 1 aliphatic rings. The van der Waals surface area contributed by atoms with E-state index < -0.39 is 5.97 Å². The number of ether oxygens (including phenoxy) is 1. The number of benzene rings is 1. The second kappa shape index (κ2) is 7.54. The van der Waals surface area contributed by atoms with Crippen LogP contribution in [-0.4, -0.2) is 42.4 Å². The van der Waals surface area contributed by atoms with E-state index in [2.05, 4.69) is 15.2 Å². The third-order valence-corrected chi connectivity index (χ3v) is 4.71. The molecule has 0 atom stereocenters. The van der Waals surface area contributed by atoms with Gasteiger partial charge in [-0.3, -0.25) is 0 Å². The van der Waals surface area contributed by atoms with Gasteiger partial charge in [0.15, 0.2) is 5.13 Å². The van der Waals surface area contributed by atoms with Crippen LogP contribution < -0.4 is 10.2 Å². The minimum atomic E-state index is -0.898. The summed E-state index contributed by atoms with van der Waals surface area (Å²) in [5, 5.41) is 13.3. The maximum Gasteiger partial charge on any atom is 0.335 e. The Labute approximate surface area is 138 Å². The van der Waals surface area contributed by atoms with Crippen LogP contribution in [0.5, 0.6) is 0 Å². The number of anilines is 1. The Morgan fingerprint density at radius 3 is 2.70 bits per heavy atom. The molecule has 1 saturated heterocycles. The first-order valence-electron chi connectivity index (χ1n) is 7.53. The Balaban J connectivity index is 1.48. The second-order valence-corrected chi connectivity index (χ2v) is 6.41. The minimum absolute atomic E-state index is 0.311. The molecule has 1 fully saturated rings. The van der Waals surface area contributed by atoms with Crippen molar-refractivity contribution in [3.63, 3.8) is 0 Å². The summed E-state index contributed by atoms with van der Waals surface area (Å²) in [6.07, 6.45) is 1.91. The third-order valence-electron chi connectivity index (χ3n) is 3.65. The summed E-state index contributed by atoms with van der Waals surface area (Å²) in [7, 11) is 0. The van der Waals surface area contributed by atoms with Crippen LogP contribution in [0.25, 0.3) is 0 Å². The van der Waals surface area contributed by atoms with Gasteiger partial charge in [0.05, 0.1) is 18.8 Å². The molecule has 2 heterocycles. The normalized spacial score (nSPS) is 14.9. The van der Waals surface area contributed by atoms with E-state index in [1.54, 1.807) is 23.5 Å². The molecule has 2 N–H and O–H groups in total.